The lowest BCUT2D eigenvalue weighted by atomic mass is 9.98. The fourth-order valence-electron chi connectivity index (χ4n) is 2.83. The molecule has 0 bridgehead atoms. The molecule has 0 radical (unpaired) electrons. The van der Waals surface area contributed by atoms with Crippen LogP contribution < -0.4 is 10.6 Å². The number of aliphatic carboxylic acids is 1. The fraction of sp³-hybridized carbons (Fsp3) is 0.588. The monoisotopic (exact) mass is 388 g/mol. The van der Waals surface area contributed by atoms with Crippen LogP contribution in [0.2, 0.25) is 0 Å². The van der Waals surface area contributed by atoms with Crippen molar-refractivity contribution >= 4 is 11.8 Å². The molecule has 1 unspecified atom stereocenters. The molecule has 2 rings (SSSR count). The molecule has 0 saturated carbocycles. The second-order valence-corrected chi connectivity index (χ2v) is 6.32. The molecular formula is C17H23F3N4O3. The molecule has 0 aromatic carbocycles. The highest BCUT2D eigenvalue weighted by Gasteiger charge is 2.38. The van der Waals surface area contributed by atoms with Crippen LogP contribution in [-0.4, -0.2) is 54.6 Å². The Hall–Kier alpha value is -2.38. The van der Waals surface area contributed by atoms with Crippen molar-refractivity contribution in [2.24, 2.45) is 0 Å². The van der Waals surface area contributed by atoms with E-state index in [9.17, 15) is 18.4 Å². The molecule has 150 valence electrons. The van der Waals surface area contributed by atoms with Crippen LogP contribution in [0.1, 0.15) is 29.7 Å². The number of carboxylic acids is 1. The molecule has 0 spiro atoms. The number of hydrogen-bond donors (Lipinski definition) is 3. The summed E-state index contributed by atoms with van der Waals surface area (Å²) in [7, 11) is 1.72. The zero-order valence-electron chi connectivity index (χ0n) is 15.4. The third-order valence-corrected chi connectivity index (χ3v) is 4.05. The number of nitrogens with one attached hydrogen (secondary N) is 2. The molecule has 7 nitrogen and oxygen atoms in total. The second kappa shape index (κ2) is 9.53. The molecule has 1 aromatic rings. The quantitative estimate of drug-likeness (QED) is 0.711. The van der Waals surface area contributed by atoms with E-state index < -0.39 is 12.1 Å². The summed E-state index contributed by atoms with van der Waals surface area (Å²) in [6.07, 6.45) is -2.86. The van der Waals surface area contributed by atoms with Gasteiger partial charge in [-0.3, -0.25) is 0 Å². The van der Waals surface area contributed by atoms with Gasteiger partial charge in [-0.15, -0.1) is 0 Å². The third-order valence-electron chi connectivity index (χ3n) is 4.05. The van der Waals surface area contributed by atoms with Gasteiger partial charge in [-0.2, -0.15) is 18.4 Å². The van der Waals surface area contributed by atoms with E-state index in [4.69, 9.17) is 14.6 Å². The highest BCUT2D eigenvalue weighted by molar-refractivity contribution is 5.73. The summed E-state index contributed by atoms with van der Waals surface area (Å²) in [5.74, 6) is -2.08. The number of anilines is 1. The van der Waals surface area contributed by atoms with Gasteiger partial charge in [0.2, 0.25) is 0 Å². The molecule has 1 aliphatic rings. The number of rotatable bonds is 5. The predicted molar refractivity (Wildman–Crippen MR) is 92.5 cm³/mol. The number of carboxylic acid groups (broad SMARTS) is 1. The van der Waals surface area contributed by atoms with Gasteiger partial charge in [0.25, 0.3) is 0 Å². The van der Waals surface area contributed by atoms with Crippen LogP contribution in [-0.2, 0) is 9.53 Å². The zero-order valence-corrected chi connectivity index (χ0v) is 15.4. The molecule has 1 saturated heterocycles. The van der Waals surface area contributed by atoms with Crippen LogP contribution in [0.15, 0.2) is 6.07 Å². The van der Waals surface area contributed by atoms with Crippen molar-refractivity contribution in [1.82, 2.24) is 10.3 Å². The van der Waals surface area contributed by atoms with Crippen LogP contribution in [0.25, 0.3) is 0 Å². The minimum Gasteiger partial charge on any atom is -0.475 e. The van der Waals surface area contributed by atoms with Gasteiger partial charge in [-0.05, 0) is 44.9 Å². The number of halogens is 3. The van der Waals surface area contributed by atoms with Gasteiger partial charge >= 0.3 is 12.1 Å². The van der Waals surface area contributed by atoms with Crippen LogP contribution >= 0.6 is 0 Å². The molecule has 2 heterocycles. The highest BCUT2D eigenvalue weighted by atomic mass is 19.4. The summed E-state index contributed by atoms with van der Waals surface area (Å²) in [5, 5.41) is 23.3. The summed E-state index contributed by atoms with van der Waals surface area (Å²) >= 11 is 0. The lowest BCUT2D eigenvalue weighted by Crippen LogP contribution is -2.49. The van der Waals surface area contributed by atoms with E-state index in [1.807, 2.05) is 19.9 Å². The summed E-state index contributed by atoms with van der Waals surface area (Å²) in [5.41, 5.74) is 2.45. The maximum Gasteiger partial charge on any atom is 0.490 e. The molecule has 3 N–H and O–H groups in total. The first-order valence-electron chi connectivity index (χ1n) is 8.21. The van der Waals surface area contributed by atoms with E-state index in [0.29, 0.717) is 24.5 Å². The SMILES string of the molecule is COCC1(CNc2nc(C)cc(C)c2C#N)CCCN1.O=C(O)C(F)(F)F. The van der Waals surface area contributed by atoms with Crippen LogP contribution in [0.3, 0.4) is 0 Å². The van der Waals surface area contributed by atoms with Crippen molar-refractivity contribution in [2.75, 3.05) is 32.1 Å². The lowest BCUT2D eigenvalue weighted by molar-refractivity contribution is -0.192. The van der Waals surface area contributed by atoms with E-state index in [-0.39, 0.29) is 5.54 Å². The van der Waals surface area contributed by atoms with Gasteiger partial charge in [0.05, 0.1) is 17.7 Å². The van der Waals surface area contributed by atoms with Gasteiger partial charge in [0.1, 0.15) is 11.9 Å². The average molecular weight is 388 g/mol. The number of nitrogens with zero attached hydrogens (tertiary/aromatic N) is 2. The Morgan fingerprint density at radius 2 is 2.15 bits per heavy atom. The van der Waals surface area contributed by atoms with Crippen LogP contribution in [0.5, 0.6) is 0 Å². The van der Waals surface area contributed by atoms with Crippen molar-refractivity contribution < 1.29 is 27.8 Å². The Balaban J connectivity index is 0.000000445. The molecule has 0 amide bonds. The van der Waals surface area contributed by atoms with Gasteiger partial charge in [0, 0.05) is 19.3 Å². The maximum absolute atomic E-state index is 10.6. The van der Waals surface area contributed by atoms with Crippen molar-refractivity contribution in [3.8, 4) is 6.07 Å². The molecular weight excluding hydrogens is 365 g/mol. The van der Waals surface area contributed by atoms with Crippen LogP contribution in [0, 0.1) is 25.2 Å². The van der Waals surface area contributed by atoms with E-state index in [1.54, 1.807) is 7.11 Å². The van der Waals surface area contributed by atoms with E-state index in [1.165, 1.54) is 0 Å². The predicted octanol–water partition coefficient (Wildman–Crippen LogP) is 2.38. The summed E-state index contributed by atoms with van der Waals surface area (Å²) < 4.78 is 37.1. The Bertz CT molecular complexity index is 696. The molecule has 1 aliphatic heterocycles. The number of methoxy groups -OCH3 is 1. The molecule has 1 fully saturated rings. The fourth-order valence-corrected chi connectivity index (χ4v) is 2.83. The highest BCUT2D eigenvalue weighted by Crippen LogP contribution is 2.23. The first-order chi connectivity index (χ1) is 12.5. The largest absolute Gasteiger partial charge is 0.490 e. The van der Waals surface area contributed by atoms with Crippen molar-refractivity contribution in [3.05, 3.63) is 22.9 Å². The van der Waals surface area contributed by atoms with Crippen LogP contribution in [0.4, 0.5) is 19.0 Å². The smallest absolute Gasteiger partial charge is 0.475 e. The summed E-state index contributed by atoms with van der Waals surface area (Å²) in [6.45, 7) is 6.27. The Morgan fingerprint density at radius 3 is 2.59 bits per heavy atom. The number of aromatic nitrogens is 1. The molecule has 10 heteroatoms. The number of pyridine rings is 1. The van der Waals surface area contributed by atoms with Gasteiger partial charge in [0.15, 0.2) is 0 Å². The van der Waals surface area contributed by atoms with E-state index in [0.717, 1.165) is 30.6 Å². The first-order valence-corrected chi connectivity index (χ1v) is 8.21. The number of aryl methyl sites for hydroxylation is 2. The summed E-state index contributed by atoms with van der Waals surface area (Å²) in [6, 6.07) is 4.17. The minimum atomic E-state index is -5.08. The molecule has 27 heavy (non-hydrogen) atoms. The van der Waals surface area contributed by atoms with Gasteiger partial charge in [-0.1, -0.05) is 0 Å². The molecule has 1 aromatic heterocycles. The standard InChI is InChI=1S/C15H22N4O.C2HF3O2/c1-11-7-12(2)19-14(13(11)8-16)17-9-15(10-20-3)5-4-6-18-15;3-2(4,5)1(6)7/h7,18H,4-6,9-10H2,1-3H3,(H,17,19);(H,6,7). The number of carbonyl (C=O) groups is 1. The van der Waals surface area contributed by atoms with Gasteiger partial charge in [-0.25, -0.2) is 9.78 Å². The van der Waals surface area contributed by atoms with E-state index in [2.05, 4.69) is 21.7 Å². The second-order valence-electron chi connectivity index (χ2n) is 6.32. The molecule has 0 aliphatic carbocycles. The minimum absolute atomic E-state index is 0.0548. The average Bonchev–Trinajstić information content (AvgIpc) is 3.01. The number of ether oxygens (including phenoxy) is 1. The Morgan fingerprint density at radius 1 is 1.52 bits per heavy atom. The normalized spacial score (nSPS) is 19.0. The lowest BCUT2D eigenvalue weighted by Gasteiger charge is -2.29. The third kappa shape index (κ3) is 6.69. The number of hydrogen-bond acceptors (Lipinski definition) is 6. The van der Waals surface area contributed by atoms with Crippen molar-refractivity contribution in [3.63, 3.8) is 0 Å². The maximum atomic E-state index is 10.6. The van der Waals surface area contributed by atoms with E-state index >= 15 is 0 Å². The topological polar surface area (TPSA) is 107 Å². The van der Waals surface area contributed by atoms with Gasteiger partial charge < -0.3 is 20.5 Å². The Labute approximate surface area is 155 Å². The first kappa shape index (κ1) is 22.7. The zero-order chi connectivity index (χ0) is 20.7. The number of alkyl halides is 3. The summed E-state index contributed by atoms with van der Waals surface area (Å²) in [4.78, 5) is 13.4. The number of nitriles is 1. The molecule has 1 atom stereocenters. The van der Waals surface area contributed by atoms with Crippen molar-refractivity contribution in [1.29, 1.82) is 5.26 Å². The Kier molecular flexibility index (Phi) is 7.99. The van der Waals surface area contributed by atoms with Crippen molar-refractivity contribution in [2.45, 2.75) is 38.4 Å².